The van der Waals surface area contributed by atoms with Crippen molar-refractivity contribution in [1.29, 1.82) is 0 Å². The van der Waals surface area contributed by atoms with Crippen molar-refractivity contribution < 1.29 is 23.9 Å². The first-order chi connectivity index (χ1) is 16.8. The van der Waals surface area contributed by atoms with Gasteiger partial charge in [0.15, 0.2) is 19.0 Å². The lowest BCUT2D eigenvalue weighted by Gasteiger charge is -2.33. The molecule has 2 aromatic carbocycles. The average molecular weight is 474 g/mol. The lowest BCUT2D eigenvalue weighted by Crippen LogP contribution is -2.51. The van der Waals surface area contributed by atoms with E-state index in [2.05, 4.69) is 10.3 Å². The number of aryl methyl sites for hydroxylation is 2. The number of rotatable bonds is 8. The lowest BCUT2D eigenvalue weighted by atomic mass is 10.1. The first-order valence-corrected chi connectivity index (χ1v) is 11.3. The van der Waals surface area contributed by atoms with Crippen molar-refractivity contribution >= 4 is 23.3 Å². The van der Waals surface area contributed by atoms with Gasteiger partial charge < -0.3 is 14.8 Å². The van der Waals surface area contributed by atoms with Crippen molar-refractivity contribution in [3.63, 3.8) is 0 Å². The number of amides is 2. The fourth-order valence-electron chi connectivity index (χ4n) is 3.76. The third-order valence-electron chi connectivity index (χ3n) is 5.96. The molecule has 0 saturated carbocycles. The molecule has 2 amide bonds. The van der Waals surface area contributed by atoms with Crippen LogP contribution in [-0.2, 0) is 16.1 Å². The Morgan fingerprint density at radius 2 is 1.97 bits per heavy atom. The molecule has 1 N–H and O–H groups in total. The van der Waals surface area contributed by atoms with Gasteiger partial charge in [0.2, 0.25) is 5.91 Å². The summed E-state index contributed by atoms with van der Waals surface area (Å²) in [6, 6.07) is 13.3. The van der Waals surface area contributed by atoms with Gasteiger partial charge in [-0.15, -0.1) is 0 Å². The summed E-state index contributed by atoms with van der Waals surface area (Å²) in [7, 11) is 0. The summed E-state index contributed by atoms with van der Waals surface area (Å²) >= 11 is 0. The van der Waals surface area contributed by atoms with Gasteiger partial charge in [0.05, 0.1) is 5.69 Å². The fraction of sp³-hybridized carbons (Fsp3) is 0.259. The first kappa shape index (κ1) is 23.9. The molecule has 0 saturated heterocycles. The Morgan fingerprint density at radius 3 is 2.71 bits per heavy atom. The number of hydrogen-bond acceptors (Lipinski definition) is 6. The van der Waals surface area contributed by atoms with E-state index < -0.39 is 6.04 Å². The third kappa shape index (κ3) is 5.48. The maximum Gasteiger partial charge on any atom is 0.265 e. The summed E-state index contributed by atoms with van der Waals surface area (Å²) in [4.78, 5) is 43.8. The van der Waals surface area contributed by atoms with E-state index >= 15 is 0 Å². The standard InChI is InChI=1S/C27H27N3O5/c1-17-6-8-22(11-18(17)2)34-15-24(31)21-7-9-25-23(12-21)30(26(32)16-35-25)19(3)27(33)29-14-20-5-4-10-28-13-20/h4-13,19H,14-16H2,1-3H3,(H,29,33). The van der Waals surface area contributed by atoms with Crippen molar-refractivity contribution in [3.8, 4) is 11.5 Å². The van der Waals surface area contributed by atoms with Crippen LogP contribution in [0.4, 0.5) is 5.69 Å². The van der Waals surface area contributed by atoms with E-state index in [-0.39, 0.29) is 37.4 Å². The number of carbonyl (C=O) groups excluding carboxylic acids is 3. The molecule has 8 nitrogen and oxygen atoms in total. The summed E-state index contributed by atoms with van der Waals surface area (Å²) < 4.78 is 11.2. The van der Waals surface area contributed by atoms with Gasteiger partial charge in [-0.05, 0) is 73.9 Å². The van der Waals surface area contributed by atoms with Crippen LogP contribution in [0.15, 0.2) is 60.9 Å². The second-order valence-corrected chi connectivity index (χ2v) is 8.45. The van der Waals surface area contributed by atoms with E-state index in [4.69, 9.17) is 9.47 Å². The number of nitrogens with zero attached hydrogens (tertiary/aromatic N) is 2. The SMILES string of the molecule is Cc1ccc(OCC(=O)c2ccc3c(c2)N(C(C)C(=O)NCc2cccnc2)C(=O)CO3)cc1C. The highest BCUT2D eigenvalue weighted by Crippen LogP contribution is 2.34. The van der Waals surface area contributed by atoms with E-state index in [0.29, 0.717) is 22.7 Å². The minimum Gasteiger partial charge on any atom is -0.485 e. The molecule has 35 heavy (non-hydrogen) atoms. The topological polar surface area (TPSA) is 97.8 Å². The number of fused-ring (bicyclic) bond motifs is 1. The Hall–Kier alpha value is -4.20. The maximum absolute atomic E-state index is 12.9. The van der Waals surface area contributed by atoms with E-state index in [9.17, 15) is 14.4 Å². The molecule has 1 aliphatic rings. The van der Waals surface area contributed by atoms with Crippen LogP contribution < -0.4 is 19.7 Å². The Bertz CT molecular complexity index is 1260. The van der Waals surface area contributed by atoms with Gasteiger partial charge in [-0.3, -0.25) is 24.3 Å². The highest BCUT2D eigenvalue weighted by atomic mass is 16.5. The normalized spacial score (nSPS) is 13.5. The summed E-state index contributed by atoms with van der Waals surface area (Å²) in [5, 5.41) is 2.83. The minimum atomic E-state index is -0.807. The molecule has 4 rings (SSSR count). The summed E-state index contributed by atoms with van der Waals surface area (Å²) in [6.45, 7) is 5.58. The fourth-order valence-corrected chi connectivity index (χ4v) is 3.76. The first-order valence-electron chi connectivity index (χ1n) is 11.3. The minimum absolute atomic E-state index is 0.156. The molecule has 8 heteroatoms. The van der Waals surface area contributed by atoms with Gasteiger partial charge in [-0.25, -0.2) is 0 Å². The second-order valence-electron chi connectivity index (χ2n) is 8.45. The average Bonchev–Trinajstić information content (AvgIpc) is 2.87. The Kier molecular flexibility index (Phi) is 7.10. The van der Waals surface area contributed by atoms with E-state index in [1.807, 2.05) is 38.1 Å². The highest BCUT2D eigenvalue weighted by molar-refractivity contribution is 6.05. The maximum atomic E-state index is 12.9. The molecule has 0 aliphatic carbocycles. The van der Waals surface area contributed by atoms with Crippen LogP contribution in [0, 0.1) is 13.8 Å². The number of Topliss-reactive ketones (excluding diaryl/α,β-unsaturated/α-hetero) is 1. The van der Waals surface area contributed by atoms with Gasteiger partial charge in [-0.1, -0.05) is 12.1 Å². The van der Waals surface area contributed by atoms with E-state index in [1.54, 1.807) is 43.6 Å². The molecular weight excluding hydrogens is 446 g/mol. The smallest absolute Gasteiger partial charge is 0.265 e. The van der Waals surface area contributed by atoms with Crippen molar-refractivity contribution in [3.05, 3.63) is 83.2 Å². The van der Waals surface area contributed by atoms with Crippen LogP contribution in [0.5, 0.6) is 11.5 Å². The second kappa shape index (κ2) is 10.4. The van der Waals surface area contributed by atoms with E-state index in [1.165, 1.54) is 4.90 Å². The van der Waals surface area contributed by atoms with Crippen LogP contribution in [0.3, 0.4) is 0 Å². The molecule has 0 spiro atoms. The number of benzene rings is 2. The van der Waals surface area contributed by atoms with Gasteiger partial charge in [0.1, 0.15) is 17.5 Å². The van der Waals surface area contributed by atoms with Crippen molar-refractivity contribution in [1.82, 2.24) is 10.3 Å². The molecule has 1 unspecified atom stereocenters. The molecular formula is C27H27N3O5. The summed E-state index contributed by atoms with van der Waals surface area (Å²) in [6.07, 6.45) is 3.32. The number of hydrogen-bond donors (Lipinski definition) is 1. The molecule has 1 aliphatic heterocycles. The molecule has 2 heterocycles. The zero-order chi connectivity index (χ0) is 24.9. The van der Waals surface area contributed by atoms with Crippen LogP contribution in [0.25, 0.3) is 0 Å². The predicted octanol–water partition coefficient (Wildman–Crippen LogP) is 3.39. The van der Waals surface area contributed by atoms with Crippen molar-refractivity contribution in [2.75, 3.05) is 18.1 Å². The van der Waals surface area contributed by atoms with Crippen molar-refractivity contribution in [2.24, 2.45) is 0 Å². The van der Waals surface area contributed by atoms with Gasteiger partial charge in [-0.2, -0.15) is 0 Å². The number of pyridine rings is 1. The number of ketones is 1. The number of anilines is 1. The van der Waals surface area contributed by atoms with E-state index in [0.717, 1.165) is 16.7 Å². The molecule has 180 valence electrons. The number of ether oxygens (including phenoxy) is 2. The summed E-state index contributed by atoms with van der Waals surface area (Å²) in [5.74, 6) is 0.0987. The third-order valence-corrected chi connectivity index (χ3v) is 5.96. The number of aromatic nitrogens is 1. The predicted molar refractivity (Wildman–Crippen MR) is 131 cm³/mol. The van der Waals surface area contributed by atoms with Crippen LogP contribution >= 0.6 is 0 Å². The molecule has 0 bridgehead atoms. The summed E-state index contributed by atoms with van der Waals surface area (Å²) in [5.41, 5.74) is 3.80. The molecule has 0 fully saturated rings. The largest absolute Gasteiger partial charge is 0.485 e. The lowest BCUT2D eigenvalue weighted by molar-refractivity contribution is -0.127. The molecule has 3 aromatic rings. The zero-order valence-electron chi connectivity index (χ0n) is 19.9. The number of carbonyl (C=O) groups is 3. The Balaban J connectivity index is 1.48. The number of nitrogens with one attached hydrogen (secondary N) is 1. The quantitative estimate of drug-likeness (QED) is 0.504. The Labute approximate surface area is 203 Å². The molecule has 0 radical (unpaired) electrons. The molecule has 1 aromatic heterocycles. The van der Waals surface area contributed by atoms with Gasteiger partial charge >= 0.3 is 0 Å². The van der Waals surface area contributed by atoms with Gasteiger partial charge in [0.25, 0.3) is 5.91 Å². The van der Waals surface area contributed by atoms with Crippen molar-refractivity contribution in [2.45, 2.75) is 33.4 Å². The monoisotopic (exact) mass is 473 g/mol. The Morgan fingerprint density at radius 1 is 1.14 bits per heavy atom. The van der Waals surface area contributed by atoms with Crippen LogP contribution in [0.2, 0.25) is 0 Å². The molecule has 1 atom stereocenters. The van der Waals surface area contributed by atoms with Gasteiger partial charge in [0, 0.05) is 24.5 Å². The van der Waals surface area contributed by atoms with Crippen LogP contribution in [0.1, 0.15) is 34.0 Å². The van der Waals surface area contributed by atoms with Crippen LogP contribution in [-0.4, -0.2) is 41.8 Å². The zero-order valence-corrected chi connectivity index (χ0v) is 19.9. The highest BCUT2D eigenvalue weighted by Gasteiger charge is 2.33.